The number of hydrogen-bond acceptors (Lipinski definition) is 7. The molecule has 3 rings (SSSR count). The summed E-state index contributed by atoms with van der Waals surface area (Å²) in [5.41, 5.74) is 0.911. The molecule has 1 heterocycles. The highest BCUT2D eigenvalue weighted by atomic mass is 32.2. The average Bonchev–Trinajstić information content (AvgIpc) is 3.07. The van der Waals surface area contributed by atoms with Crippen molar-refractivity contribution in [3.05, 3.63) is 64.2 Å². The van der Waals surface area contributed by atoms with Gasteiger partial charge in [-0.3, -0.25) is 24.7 Å². The molecule has 0 aromatic heterocycles. The Labute approximate surface area is 177 Å². The summed E-state index contributed by atoms with van der Waals surface area (Å²) in [5.74, 6) is -0.499. The van der Waals surface area contributed by atoms with Gasteiger partial charge in [0.2, 0.25) is 11.8 Å². The summed E-state index contributed by atoms with van der Waals surface area (Å²) < 4.78 is 4.97. The van der Waals surface area contributed by atoms with E-state index in [4.69, 9.17) is 4.74 Å². The van der Waals surface area contributed by atoms with Crippen molar-refractivity contribution in [3.8, 4) is 5.75 Å². The molecule has 156 valence electrons. The molecule has 10 heteroatoms. The molecule has 2 N–H and O–H groups in total. The Morgan fingerprint density at radius 1 is 1.30 bits per heavy atom. The van der Waals surface area contributed by atoms with Crippen molar-refractivity contribution in [2.75, 3.05) is 19.0 Å². The third kappa shape index (κ3) is 5.57. The highest BCUT2D eigenvalue weighted by Crippen LogP contribution is 2.30. The van der Waals surface area contributed by atoms with E-state index >= 15 is 0 Å². The second kappa shape index (κ2) is 9.88. The van der Waals surface area contributed by atoms with Crippen LogP contribution in [0.25, 0.3) is 0 Å². The number of aliphatic imine (C=N–C) groups is 1. The van der Waals surface area contributed by atoms with E-state index in [1.807, 2.05) is 30.3 Å². The summed E-state index contributed by atoms with van der Waals surface area (Å²) in [6.45, 7) is 0.517. The molecule has 0 bridgehead atoms. The lowest BCUT2D eigenvalue weighted by Gasteiger charge is -2.09. The highest BCUT2D eigenvalue weighted by Gasteiger charge is 2.32. The largest absolute Gasteiger partial charge is 0.496 e. The zero-order chi connectivity index (χ0) is 21.5. The zero-order valence-electron chi connectivity index (χ0n) is 16.2. The molecule has 2 aromatic rings. The Bertz CT molecular complexity index is 980. The number of amides is 2. The van der Waals surface area contributed by atoms with Crippen molar-refractivity contribution in [1.82, 2.24) is 5.32 Å². The molecule has 1 aliphatic heterocycles. The van der Waals surface area contributed by atoms with Gasteiger partial charge in [-0.2, -0.15) is 0 Å². The summed E-state index contributed by atoms with van der Waals surface area (Å²) in [7, 11) is 1.40. The van der Waals surface area contributed by atoms with E-state index in [-0.39, 0.29) is 23.7 Å². The molecule has 1 aliphatic rings. The van der Waals surface area contributed by atoms with Gasteiger partial charge >= 0.3 is 0 Å². The van der Waals surface area contributed by atoms with Gasteiger partial charge in [0.15, 0.2) is 5.17 Å². The maximum Gasteiger partial charge on any atom is 0.296 e. The van der Waals surface area contributed by atoms with E-state index in [0.29, 0.717) is 17.5 Å². The molecular weight excluding hydrogens is 408 g/mol. The minimum Gasteiger partial charge on any atom is -0.496 e. The van der Waals surface area contributed by atoms with Gasteiger partial charge in [0.05, 0.1) is 18.1 Å². The number of amidine groups is 1. The summed E-state index contributed by atoms with van der Waals surface area (Å²) in [6.07, 6.45) is 0.616. The number of methoxy groups -OCH3 is 1. The predicted octanol–water partition coefficient (Wildman–Crippen LogP) is 2.76. The zero-order valence-corrected chi connectivity index (χ0v) is 17.0. The number of anilines is 1. The lowest BCUT2D eigenvalue weighted by Crippen LogP contribution is -2.28. The predicted molar refractivity (Wildman–Crippen MR) is 115 cm³/mol. The Balaban J connectivity index is 1.56. The van der Waals surface area contributed by atoms with Gasteiger partial charge in [-0.25, -0.2) is 0 Å². The lowest BCUT2D eigenvalue weighted by atomic mass is 10.2. The second-order valence-corrected chi connectivity index (χ2v) is 7.60. The monoisotopic (exact) mass is 428 g/mol. The van der Waals surface area contributed by atoms with E-state index in [9.17, 15) is 19.7 Å². The van der Waals surface area contributed by atoms with E-state index in [0.717, 1.165) is 12.0 Å². The van der Waals surface area contributed by atoms with Crippen LogP contribution in [0, 0.1) is 10.1 Å². The van der Waals surface area contributed by atoms with Gasteiger partial charge in [-0.15, -0.1) is 0 Å². The van der Waals surface area contributed by atoms with E-state index in [1.54, 1.807) is 0 Å². The number of nitrogens with zero attached hydrogens (tertiary/aromatic N) is 2. The Morgan fingerprint density at radius 3 is 2.77 bits per heavy atom. The average molecular weight is 428 g/mol. The Hall–Kier alpha value is -3.40. The van der Waals surface area contributed by atoms with Crippen LogP contribution in [-0.2, 0) is 16.0 Å². The molecule has 9 nitrogen and oxygen atoms in total. The maximum absolute atomic E-state index is 12.4. The summed E-state index contributed by atoms with van der Waals surface area (Å²) in [4.78, 5) is 39.5. The van der Waals surface area contributed by atoms with Crippen LogP contribution in [0.5, 0.6) is 5.75 Å². The summed E-state index contributed by atoms with van der Waals surface area (Å²) in [5, 5.41) is 16.2. The normalized spacial score (nSPS) is 16.9. The van der Waals surface area contributed by atoms with Crippen molar-refractivity contribution in [3.63, 3.8) is 0 Å². The number of thioether (sulfide) groups is 1. The molecular formula is C20H20N4O5S. The van der Waals surface area contributed by atoms with Crippen LogP contribution in [0.3, 0.4) is 0 Å². The number of nitro groups is 1. The number of rotatable bonds is 8. The lowest BCUT2D eigenvalue weighted by molar-refractivity contribution is -0.384. The van der Waals surface area contributed by atoms with Gasteiger partial charge < -0.3 is 15.4 Å². The molecule has 0 radical (unpaired) electrons. The molecule has 1 unspecified atom stereocenters. The van der Waals surface area contributed by atoms with Crippen LogP contribution in [0.1, 0.15) is 12.0 Å². The third-order valence-electron chi connectivity index (χ3n) is 4.32. The van der Waals surface area contributed by atoms with Gasteiger partial charge in [-0.05, 0) is 24.1 Å². The molecule has 0 saturated carbocycles. The number of carbonyl (C=O) groups excluding carboxylic acids is 2. The van der Waals surface area contributed by atoms with E-state index < -0.39 is 16.1 Å². The first-order valence-corrected chi connectivity index (χ1v) is 10.0. The summed E-state index contributed by atoms with van der Waals surface area (Å²) >= 11 is 1.18. The second-order valence-electron chi connectivity index (χ2n) is 6.41. The molecule has 2 amide bonds. The van der Waals surface area contributed by atoms with Crippen LogP contribution >= 0.6 is 11.8 Å². The molecule has 30 heavy (non-hydrogen) atoms. The molecule has 2 aromatic carbocycles. The van der Waals surface area contributed by atoms with Crippen molar-refractivity contribution >= 4 is 40.1 Å². The number of hydrogen-bond donors (Lipinski definition) is 2. The van der Waals surface area contributed by atoms with Gasteiger partial charge in [0.25, 0.3) is 5.69 Å². The van der Waals surface area contributed by atoms with Gasteiger partial charge in [0.1, 0.15) is 16.7 Å². The van der Waals surface area contributed by atoms with Crippen LogP contribution in [0.4, 0.5) is 11.4 Å². The Kier molecular flexibility index (Phi) is 7.02. The van der Waals surface area contributed by atoms with Crippen molar-refractivity contribution in [2.45, 2.75) is 18.1 Å². The van der Waals surface area contributed by atoms with Crippen LogP contribution in [0.15, 0.2) is 53.5 Å². The molecule has 1 atom stereocenters. The smallest absolute Gasteiger partial charge is 0.296 e. The first-order chi connectivity index (χ1) is 14.5. The first-order valence-electron chi connectivity index (χ1n) is 9.14. The number of carbonyl (C=O) groups is 2. The number of benzene rings is 2. The fourth-order valence-electron chi connectivity index (χ4n) is 2.81. The van der Waals surface area contributed by atoms with Crippen LogP contribution < -0.4 is 15.4 Å². The van der Waals surface area contributed by atoms with Crippen LogP contribution in [-0.4, -0.2) is 40.8 Å². The minimum atomic E-state index is -0.641. The van der Waals surface area contributed by atoms with Gasteiger partial charge in [0, 0.05) is 13.0 Å². The molecule has 1 fully saturated rings. The van der Waals surface area contributed by atoms with Gasteiger partial charge in [-0.1, -0.05) is 42.1 Å². The molecule has 0 aliphatic carbocycles. The molecule has 1 saturated heterocycles. The fourth-order valence-corrected chi connectivity index (χ4v) is 3.81. The van der Waals surface area contributed by atoms with E-state index in [2.05, 4.69) is 15.6 Å². The SMILES string of the molecule is COc1ccc(NC(=O)CC2SC(=NCCc3ccccc3)NC2=O)c([N+](=O)[O-])c1. The van der Waals surface area contributed by atoms with Crippen LogP contribution in [0.2, 0.25) is 0 Å². The highest BCUT2D eigenvalue weighted by molar-refractivity contribution is 8.15. The quantitative estimate of drug-likeness (QED) is 0.492. The maximum atomic E-state index is 12.4. The van der Waals surface area contributed by atoms with E-state index in [1.165, 1.54) is 37.1 Å². The minimum absolute atomic E-state index is 0.0472. The summed E-state index contributed by atoms with van der Waals surface area (Å²) in [6, 6.07) is 14.0. The van der Waals surface area contributed by atoms with Crippen molar-refractivity contribution in [1.29, 1.82) is 0 Å². The topological polar surface area (TPSA) is 123 Å². The first kappa shape index (κ1) is 21.3. The number of nitrogens with one attached hydrogen (secondary N) is 2. The van der Waals surface area contributed by atoms with Crippen molar-refractivity contribution in [2.24, 2.45) is 4.99 Å². The Morgan fingerprint density at radius 2 is 2.07 bits per heavy atom. The number of nitro benzene ring substituents is 1. The third-order valence-corrected chi connectivity index (χ3v) is 5.44. The molecule has 0 spiro atoms. The standard InChI is InChI=1S/C20H20N4O5S/c1-29-14-7-8-15(16(11-14)24(27)28)22-18(25)12-17-19(26)23-20(30-17)21-10-9-13-5-3-2-4-6-13/h2-8,11,17H,9-10,12H2,1H3,(H,22,25)(H,21,23,26). The van der Waals surface area contributed by atoms with Crippen molar-refractivity contribution < 1.29 is 19.2 Å². The number of ether oxygens (including phenoxy) is 1. The fraction of sp³-hybridized carbons (Fsp3) is 0.250.